The van der Waals surface area contributed by atoms with Crippen molar-refractivity contribution >= 4 is 15.9 Å². The first-order valence-electron chi connectivity index (χ1n) is 5.05. The Kier molecular flexibility index (Phi) is 4.51. The van der Waals surface area contributed by atoms with E-state index in [0.29, 0.717) is 0 Å². The van der Waals surface area contributed by atoms with Gasteiger partial charge in [0.1, 0.15) is 0 Å². The Morgan fingerprint density at radius 1 is 1.23 bits per heavy atom. The molecule has 72 valence electrons. The van der Waals surface area contributed by atoms with Crippen molar-refractivity contribution in [2.45, 2.75) is 39.5 Å². The molecule has 0 heterocycles. The summed E-state index contributed by atoms with van der Waals surface area (Å²) in [5.74, 6) is 0. The lowest BCUT2D eigenvalue weighted by Crippen LogP contribution is -1.88. The molecule has 0 aliphatic rings. The predicted octanol–water partition coefficient (Wildman–Crippen LogP) is 4.35. The molecule has 1 heteroatoms. The van der Waals surface area contributed by atoms with E-state index in [-0.39, 0.29) is 0 Å². The summed E-state index contributed by atoms with van der Waals surface area (Å²) in [6, 6.07) is 6.74. The minimum atomic E-state index is 1.11. The van der Waals surface area contributed by atoms with E-state index < -0.39 is 0 Å². The molecule has 0 aromatic heterocycles. The molecule has 1 rings (SSSR count). The lowest BCUT2D eigenvalue weighted by atomic mass is 10.1. The molecule has 0 saturated carbocycles. The molecule has 0 radical (unpaired) electrons. The van der Waals surface area contributed by atoms with Gasteiger partial charge < -0.3 is 0 Å². The van der Waals surface area contributed by atoms with Gasteiger partial charge >= 0.3 is 0 Å². The fraction of sp³-hybridized carbons (Fsp3) is 0.500. The highest BCUT2D eigenvalue weighted by molar-refractivity contribution is 9.10. The average Bonchev–Trinajstić information content (AvgIpc) is 2.15. The van der Waals surface area contributed by atoms with Gasteiger partial charge in [0.25, 0.3) is 0 Å². The molecule has 0 saturated heterocycles. The molecule has 0 aliphatic carbocycles. The number of hydrogen-bond donors (Lipinski definition) is 0. The summed E-state index contributed by atoms with van der Waals surface area (Å²) >= 11 is 3.60. The van der Waals surface area contributed by atoms with Gasteiger partial charge in [-0.05, 0) is 36.5 Å². The summed E-state index contributed by atoms with van der Waals surface area (Å²) in [6.07, 6.45) is 4.87. The van der Waals surface area contributed by atoms with Crippen LogP contribution in [0.2, 0.25) is 0 Å². The molecule has 0 N–H and O–H groups in total. The third kappa shape index (κ3) is 3.15. The minimum absolute atomic E-state index is 1.11. The maximum Gasteiger partial charge on any atom is 0.0209 e. The molecular weight excluding hydrogens is 224 g/mol. The lowest BCUT2D eigenvalue weighted by molar-refractivity contribution is 0.794. The Bertz CT molecular complexity index is 266. The van der Waals surface area contributed by atoms with Crippen LogP contribution in [0, 0.1) is 0 Å². The van der Waals surface area contributed by atoms with Crippen molar-refractivity contribution < 1.29 is 0 Å². The highest BCUT2D eigenvalue weighted by atomic mass is 79.9. The number of rotatable bonds is 4. The summed E-state index contributed by atoms with van der Waals surface area (Å²) in [4.78, 5) is 0. The number of aryl methyl sites for hydroxylation is 2. The summed E-state index contributed by atoms with van der Waals surface area (Å²) in [6.45, 7) is 4.42. The predicted molar refractivity (Wildman–Crippen MR) is 62.1 cm³/mol. The fourth-order valence-corrected chi connectivity index (χ4v) is 2.12. The van der Waals surface area contributed by atoms with Crippen LogP contribution < -0.4 is 0 Å². The zero-order valence-electron chi connectivity index (χ0n) is 8.44. The largest absolute Gasteiger partial charge is 0.0654 e. The van der Waals surface area contributed by atoms with Crippen LogP contribution in [-0.2, 0) is 12.8 Å². The van der Waals surface area contributed by atoms with Crippen LogP contribution in [0.1, 0.15) is 37.8 Å². The molecule has 0 fully saturated rings. The highest BCUT2D eigenvalue weighted by Gasteiger charge is 1.98. The van der Waals surface area contributed by atoms with Crippen LogP contribution in [0.25, 0.3) is 0 Å². The summed E-state index contributed by atoms with van der Waals surface area (Å²) in [5, 5.41) is 0. The SMILES string of the molecule is CCCCc1ccc(CC)c(Br)c1. The van der Waals surface area contributed by atoms with Crippen LogP contribution in [0.5, 0.6) is 0 Å². The zero-order valence-corrected chi connectivity index (χ0v) is 10.0. The molecule has 0 bridgehead atoms. The molecule has 13 heavy (non-hydrogen) atoms. The number of halogens is 1. The Hall–Kier alpha value is -0.300. The third-order valence-corrected chi connectivity index (χ3v) is 3.06. The monoisotopic (exact) mass is 240 g/mol. The Labute approximate surface area is 89.5 Å². The average molecular weight is 241 g/mol. The van der Waals surface area contributed by atoms with E-state index >= 15 is 0 Å². The van der Waals surface area contributed by atoms with Crippen molar-refractivity contribution in [3.05, 3.63) is 33.8 Å². The molecule has 1 aromatic rings. The van der Waals surface area contributed by atoms with Gasteiger partial charge in [-0.2, -0.15) is 0 Å². The molecule has 1 aromatic carbocycles. The molecule has 0 atom stereocenters. The standard InChI is InChI=1S/C12H17Br/c1-3-5-6-10-7-8-11(4-2)12(13)9-10/h7-9H,3-6H2,1-2H3. The summed E-state index contributed by atoms with van der Waals surface area (Å²) in [7, 11) is 0. The molecule has 0 aliphatic heterocycles. The van der Waals surface area contributed by atoms with E-state index in [1.54, 1.807) is 0 Å². The van der Waals surface area contributed by atoms with Crippen molar-refractivity contribution in [3.63, 3.8) is 0 Å². The molecule has 0 spiro atoms. The lowest BCUT2D eigenvalue weighted by Gasteiger charge is -2.04. The van der Waals surface area contributed by atoms with Crippen LogP contribution >= 0.6 is 15.9 Å². The van der Waals surface area contributed by atoms with Crippen molar-refractivity contribution in [1.29, 1.82) is 0 Å². The number of unbranched alkanes of at least 4 members (excludes halogenated alkanes) is 1. The first-order valence-corrected chi connectivity index (χ1v) is 5.84. The summed E-state index contributed by atoms with van der Waals surface area (Å²) in [5.41, 5.74) is 2.85. The first kappa shape index (κ1) is 10.8. The van der Waals surface area contributed by atoms with Crippen LogP contribution in [0.15, 0.2) is 22.7 Å². The van der Waals surface area contributed by atoms with Gasteiger partial charge in [-0.3, -0.25) is 0 Å². The Balaban J connectivity index is 2.71. The zero-order chi connectivity index (χ0) is 9.68. The maximum atomic E-state index is 3.60. The van der Waals surface area contributed by atoms with Gasteiger partial charge in [0, 0.05) is 4.47 Å². The van der Waals surface area contributed by atoms with Crippen molar-refractivity contribution in [3.8, 4) is 0 Å². The van der Waals surface area contributed by atoms with E-state index in [0.717, 1.165) is 6.42 Å². The second kappa shape index (κ2) is 5.43. The number of benzene rings is 1. The molecule has 0 amide bonds. The van der Waals surface area contributed by atoms with Gasteiger partial charge in [-0.15, -0.1) is 0 Å². The van der Waals surface area contributed by atoms with Gasteiger partial charge in [-0.1, -0.05) is 48.3 Å². The van der Waals surface area contributed by atoms with Gasteiger partial charge in [0.05, 0.1) is 0 Å². The van der Waals surface area contributed by atoms with E-state index in [2.05, 4.69) is 48.0 Å². The Morgan fingerprint density at radius 3 is 2.54 bits per heavy atom. The van der Waals surface area contributed by atoms with Gasteiger partial charge in [0.15, 0.2) is 0 Å². The molecule has 0 unspecified atom stereocenters. The van der Waals surface area contributed by atoms with E-state index in [9.17, 15) is 0 Å². The highest BCUT2D eigenvalue weighted by Crippen LogP contribution is 2.20. The quantitative estimate of drug-likeness (QED) is 0.734. The summed E-state index contributed by atoms with van der Waals surface area (Å²) < 4.78 is 1.27. The van der Waals surface area contributed by atoms with Crippen molar-refractivity contribution in [1.82, 2.24) is 0 Å². The third-order valence-electron chi connectivity index (χ3n) is 2.32. The van der Waals surface area contributed by atoms with Gasteiger partial charge in [-0.25, -0.2) is 0 Å². The van der Waals surface area contributed by atoms with Crippen LogP contribution in [-0.4, -0.2) is 0 Å². The smallest absolute Gasteiger partial charge is 0.0209 e. The maximum absolute atomic E-state index is 3.60. The van der Waals surface area contributed by atoms with Gasteiger partial charge in [0.2, 0.25) is 0 Å². The molecule has 0 nitrogen and oxygen atoms in total. The second-order valence-electron chi connectivity index (χ2n) is 3.38. The Morgan fingerprint density at radius 2 is 2.00 bits per heavy atom. The fourth-order valence-electron chi connectivity index (χ4n) is 1.41. The first-order chi connectivity index (χ1) is 6.27. The van der Waals surface area contributed by atoms with E-state index in [1.807, 2.05) is 0 Å². The van der Waals surface area contributed by atoms with Crippen LogP contribution in [0.4, 0.5) is 0 Å². The van der Waals surface area contributed by atoms with Crippen molar-refractivity contribution in [2.75, 3.05) is 0 Å². The number of hydrogen-bond acceptors (Lipinski definition) is 0. The minimum Gasteiger partial charge on any atom is -0.0654 e. The molecular formula is C12H17Br. The topological polar surface area (TPSA) is 0 Å². The van der Waals surface area contributed by atoms with E-state index in [1.165, 1.54) is 34.9 Å². The van der Waals surface area contributed by atoms with Crippen molar-refractivity contribution in [2.24, 2.45) is 0 Å². The normalized spacial score (nSPS) is 10.4. The van der Waals surface area contributed by atoms with E-state index in [4.69, 9.17) is 0 Å². The van der Waals surface area contributed by atoms with Crippen LogP contribution in [0.3, 0.4) is 0 Å². The second-order valence-corrected chi connectivity index (χ2v) is 4.24.